The molecule has 0 aromatic heterocycles. The van der Waals surface area contributed by atoms with E-state index in [1.165, 1.54) is 0 Å². The normalized spacial score (nSPS) is 19.7. The monoisotopic (exact) mass is 293 g/mol. The Kier molecular flexibility index (Phi) is 4.24. The van der Waals surface area contributed by atoms with Crippen molar-refractivity contribution in [3.63, 3.8) is 0 Å². The number of ether oxygens (including phenoxy) is 2. The molecule has 1 unspecified atom stereocenters. The zero-order valence-corrected chi connectivity index (χ0v) is 10.2. The summed E-state index contributed by atoms with van der Waals surface area (Å²) in [5.41, 5.74) is -1.46. The summed E-state index contributed by atoms with van der Waals surface area (Å²) in [5, 5.41) is 2.28. The van der Waals surface area contributed by atoms with Crippen LogP contribution in [0.25, 0.3) is 0 Å². The Hall–Kier alpha value is -1.67. The molecule has 1 N–H and O–H groups in total. The van der Waals surface area contributed by atoms with Crippen LogP contribution in [-0.2, 0) is 20.4 Å². The van der Waals surface area contributed by atoms with Gasteiger partial charge in [-0.2, -0.15) is 13.2 Å². The van der Waals surface area contributed by atoms with Crippen molar-refractivity contribution in [3.8, 4) is 0 Å². The molecule has 1 heterocycles. The van der Waals surface area contributed by atoms with Crippen LogP contribution in [0.4, 0.5) is 23.2 Å². The molecule has 20 heavy (non-hydrogen) atoms. The molecular formula is C12H11F4NO3. The fourth-order valence-electron chi connectivity index (χ4n) is 1.68. The van der Waals surface area contributed by atoms with Gasteiger partial charge in [0.1, 0.15) is 5.82 Å². The van der Waals surface area contributed by atoms with Crippen LogP contribution in [0.5, 0.6) is 0 Å². The number of carbonyl (C=O) groups excluding carboxylic acids is 1. The van der Waals surface area contributed by atoms with Gasteiger partial charge < -0.3 is 14.8 Å². The molecule has 110 valence electrons. The Balaban J connectivity index is 2.06. The first-order valence-corrected chi connectivity index (χ1v) is 5.75. The van der Waals surface area contributed by atoms with Crippen LogP contribution in [0.15, 0.2) is 18.2 Å². The highest BCUT2D eigenvalue weighted by atomic mass is 19.4. The predicted molar refractivity (Wildman–Crippen MR) is 60.6 cm³/mol. The second-order valence-electron chi connectivity index (χ2n) is 4.12. The molecule has 0 aliphatic carbocycles. The molecule has 8 heteroatoms. The average molecular weight is 293 g/mol. The first-order valence-electron chi connectivity index (χ1n) is 5.75. The summed E-state index contributed by atoms with van der Waals surface area (Å²) in [6, 6.07) is 2.17. The highest BCUT2D eigenvalue weighted by Crippen LogP contribution is 2.32. The van der Waals surface area contributed by atoms with Crippen LogP contribution in [0, 0.1) is 5.82 Å². The number of amides is 1. The van der Waals surface area contributed by atoms with E-state index in [1.807, 2.05) is 0 Å². The standard InChI is InChI=1S/C12H11F4NO3/c13-9-5-7(1-2-8(9)12(14,15)16)17-11(18)10-6-19-3-4-20-10/h1-2,5,10H,3-4,6H2,(H,17,18). The molecule has 0 spiro atoms. The van der Waals surface area contributed by atoms with Gasteiger partial charge in [0.15, 0.2) is 6.10 Å². The minimum atomic E-state index is -4.77. The molecule has 1 amide bonds. The second kappa shape index (κ2) is 5.76. The minimum Gasteiger partial charge on any atom is -0.376 e. The van der Waals surface area contributed by atoms with Gasteiger partial charge >= 0.3 is 6.18 Å². The fourth-order valence-corrected chi connectivity index (χ4v) is 1.68. The van der Waals surface area contributed by atoms with E-state index in [0.717, 1.165) is 6.07 Å². The number of hydrogen-bond donors (Lipinski definition) is 1. The Morgan fingerprint density at radius 1 is 1.30 bits per heavy atom. The summed E-state index contributed by atoms with van der Waals surface area (Å²) in [5.74, 6) is -2.04. The number of hydrogen-bond acceptors (Lipinski definition) is 3. The zero-order chi connectivity index (χ0) is 14.8. The first-order chi connectivity index (χ1) is 9.38. The second-order valence-corrected chi connectivity index (χ2v) is 4.12. The smallest absolute Gasteiger partial charge is 0.376 e. The first kappa shape index (κ1) is 14.7. The van der Waals surface area contributed by atoms with Gasteiger partial charge in [-0.1, -0.05) is 0 Å². The Morgan fingerprint density at radius 2 is 2.05 bits per heavy atom. The molecule has 2 rings (SSSR count). The molecule has 0 saturated carbocycles. The van der Waals surface area contributed by atoms with Crippen molar-refractivity contribution < 1.29 is 31.8 Å². The van der Waals surface area contributed by atoms with Crippen molar-refractivity contribution in [2.45, 2.75) is 12.3 Å². The third-order valence-corrected chi connectivity index (χ3v) is 2.65. The highest BCUT2D eigenvalue weighted by Gasteiger charge is 2.34. The molecule has 1 aliphatic rings. The predicted octanol–water partition coefficient (Wildman–Crippen LogP) is 2.20. The van der Waals surface area contributed by atoms with E-state index in [9.17, 15) is 22.4 Å². The van der Waals surface area contributed by atoms with Crippen LogP contribution in [0.3, 0.4) is 0 Å². The lowest BCUT2D eigenvalue weighted by Crippen LogP contribution is -2.39. The number of alkyl halides is 3. The summed E-state index contributed by atoms with van der Waals surface area (Å²) in [6.07, 6.45) is -5.62. The van der Waals surface area contributed by atoms with Crippen molar-refractivity contribution in [2.75, 3.05) is 25.1 Å². The van der Waals surface area contributed by atoms with Crippen LogP contribution >= 0.6 is 0 Å². The van der Waals surface area contributed by atoms with E-state index in [0.29, 0.717) is 18.7 Å². The average Bonchev–Trinajstić information content (AvgIpc) is 2.38. The maximum absolute atomic E-state index is 13.3. The van der Waals surface area contributed by atoms with Gasteiger partial charge in [0, 0.05) is 5.69 Å². The topological polar surface area (TPSA) is 47.6 Å². The minimum absolute atomic E-state index is 0.0505. The number of benzene rings is 1. The van der Waals surface area contributed by atoms with Crippen molar-refractivity contribution in [3.05, 3.63) is 29.6 Å². The van der Waals surface area contributed by atoms with Gasteiger partial charge in [-0.3, -0.25) is 4.79 Å². The van der Waals surface area contributed by atoms with E-state index in [1.54, 1.807) is 0 Å². The molecule has 1 aliphatic heterocycles. The molecule has 0 bridgehead atoms. The number of nitrogens with one attached hydrogen (secondary N) is 1. The zero-order valence-electron chi connectivity index (χ0n) is 10.2. The Morgan fingerprint density at radius 3 is 2.60 bits per heavy atom. The summed E-state index contributed by atoms with van der Waals surface area (Å²) in [4.78, 5) is 11.7. The quantitative estimate of drug-likeness (QED) is 0.850. The van der Waals surface area contributed by atoms with Crippen LogP contribution in [-0.4, -0.2) is 31.8 Å². The van der Waals surface area contributed by atoms with E-state index in [-0.39, 0.29) is 18.9 Å². The maximum atomic E-state index is 13.3. The molecule has 1 fully saturated rings. The summed E-state index contributed by atoms with van der Waals surface area (Å²) >= 11 is 0. The van der Waals surface area contributed by atoms with Gasteiger partial charge in [0.2, 0.25) is 0 Å². The maximum Gasteiger partial charge on any atom is 0.419 e. The number of rotatable bonds is 2. The molecular weight excluding hydrogens is 282 g/mol. The van der Waals surface area contributed by atoms with Gasteiger partial charge in [-0.15, -0.1) is 0 Å². The van der Waals surface area contributed by atoms with E-state index < -0.39 is 29.6 Å². The van der Waals surface area contributed by atoms with Crippen LogP contribution in [0.2, 0.25) is 0 Å². The number of halogens is 4. The van der Waals surface area contributed by atoms with E-state index >= 15 is 0 Å². The van der Waals surface area contributed by atoms with Crippen LogP contribution in [0.1, 0.15) is 5.56 Å². The van der Waals surface area contributed by atoms with Gasteiger partial charge in [-0.25, -0.2) is 4.39 Å². The van der Waals surface area contributed by atoms with Gasteiger partial charge in [-0.05, 0) is 18.2 Å². The van der Waals surface area contributed by atoms with E-state index in [4.69, 9.17) is 9.47 Å². The molecule has 1 saturated heterocycles. The third-order valence-electron chi connectivity index (χ3n) is 2.65. The van der Waals surface area contributed by atoms with Gasteiger partial charge in [0.25, 0.3) is 5.91 Å². The lowest BCUT2D eigenvalue weighted by Gasteiger charge is -2.22. The Labute approximate surface area is 111 Å². The van der Waals surface area contributed by atoms with Crippen molar-refractivity contribution >= 4 is 11.6 Å². The Bertz CT molecular complexity index is 498. The lowest BCUT2D eigenvalue weighted by atomic mass is 10.2. The van der Waals surface area contributed by atoms with Crippen LogP contribution < -0.4 is 5.32 Å². The summed E-state index contributed by atoms with van der Waals surface area (Å²) in [6.45, 7) is 0.674. The van der Waals surface area contributed by atoms with Crippen molar-refractivity contribution in [1.82, 2.24) is 0 Å². The number of carbonyl (C=O) groups is 1. The van der Waals surface area contributed by atoms with Crippen molar-refractivity contribution in [1.29, 1.82) is 0 Å². The highest BCUT2D eigenvalue weighted by molar-refractivity contribution is 5.94. The van der Waals surface area contributed by atoms with Crippen molar-refractivity contribution in [2.24, 2.45) is 0 Å². The fraction of sp³-hybridized carbons (Fsp3) is 0.417. The number of anilines is 1. The molecule has 0 radical (unpaired) electrons. The SMILES string of the molecule is O=C(Nc1ccc(C(F)(F)F)c(F)c1)C1COCCO1. The lowest BCUT2D eigenvalue weighted by molar-refractivity contribution is -0.142. The molecule has 1 aromatic carbocycles. The summed E-state index contributed by atoms with van der Waals surface area (Å²) in [7, 11) is 0. The largest absolute Gasteiger partial charge is 0.419 e. The molecule has 1 aromatic rings. The van der Waals surface area contributed by atoms with Gasteiger partial charge in [0.05, 0.1) is 25.4 Å². The van der Waals surface area contributed by atoms with E-state index in [2.05, 4.69) is 5.32 Å². The summed E-state index contributed by atoms with van der Waals surface area (Å²) < 4.78 is 60.6. The molecule has 4 nitrogen and oxygen atoms in total. The third kappa shape index (κ3) is 3.45. The molecule has 1 atom stereocenters.